The van der Waals surface area contributed by atoms with Gasteiger partial charge in [0.2, 0.25) is 0 Å². The van der Waals surface area contributed by atoms with E-state index in [4.69, 9.17) is 6.42 Å². The van der Waals surface area contributed by atoms with E-state index in [0.29, 0.717) is 5.56 Å². The summed E-state index contributed by atoms with van der Waals surface area (Å²) in [6.07, 6.45) is 0.893. The van der Waals surface area contributed by atoms with Crippen LogP contribution in [0.3, 0.4) is 0 Å². The van der Waals surface area contributed by atoms with Crippen LogP contribution in [-0.4, -0.2) is 0 Å². The first kappa shape index (κ1) is 11.7. The highest BCUT2D eigenvalue weighted by atomic mass is 32.1. The number of hydrogen-bond donors (Lipinski definition) is 0. The molecule has 17 heavy (non-hydrogen) atoms. The summed E-state index contributed by atoms with van der Waals surface area (Å²) in [6, 6.07) is 5.30. The van der Waals surface area contributed by atoms with Crippen molar-refractivity contribution in [1.29, 1.82) is 0 Å². The molecular weight excluding hydrogens is 245 g/mol. The quantitative estimate of drug-likeness (QED) is 0.659. The van der Waals surface area contributed by atoms with E-state index in [0.717, 1.165) is 17.7 Å². The highest BCUT2D eigenvalue weighted by Crippen LogP contribution is 2.33. The lowest BCUT2D eigenvalue weighted by Gasteiger charge is -2.09. The molecule has 2 rings (SSSR count). The van der Waals surface area contributed by atoms with Gasteiger partial charge in [-0.15, -0.1) is 6.42 Å². The predicted octanol–water partition coefficient (Wildman–Crippen LogP) is 4.42. The number of alkyl halides is 3. The molecule has 0 spiro atoms. The van der Waals surface area contributed by atoms with Crippen LogP contribution in [0.2, 0.25) is 0 Å². The van der Waals surface area contributed by atoms with E-state index in [1.54, 1.807) is 0 Å². The Bertz CT molecular complexity index is 559. The average molecular weight is 252 g/mol. The van der Waals surface area contributed by atoms with Crippen molar-refractivity contribution in [2.75, 3.05) is 0 Å². The molecule has 0 aliphatic rings. The molecule has 2 aromatic rings. The molecule has 86 valence electrons. The standard InChI is InChI=1S/C13H7F3S/c1-2-9-7-11(13(14,15)16)3-4-12(9)10-5-6-17-8-10/h1,3-8H. The largest absolute Gasteiger partial charge is 0.416 e. The third-order valence-corrected chi connectivity index (χ3v) is 3.02. The Balaban J connectivity index is 2.55. The fourth-order valence-electron chi connectivity index (χ4n) is 1.51. The fourth-order valence-corrected chi connectivity index (χ4v) is 2.17. The molecule has 0 fully saturated rings. The normalized spacial score (nSPS) is 11.2. The molecule has 0 amide bonds. The number of terminal acetylenes is 1. The van der Waals surface area contributed by atoms with Crippen LogP contribution in [0.5, 0.6) is 0 Å². The van der Waals surface area contributed by atoms with Crippen molar-refractivity contribution in [2.45, 2.75) is 6.18 Å². The number of halogens is 3. The van der Waals surface area contributed by atoms with Gasteiger partial charge in [0.1, 0.15) is 0 Å². The molecule has 0 aliphatic carbocycles. The topological polar surface area (TPSA) is 0 Å². The van der Waals surface area contributed by atoms with E-state index >= 15 is 0 Å². The first-order chi connectivity index (χ1) is 8.02. The molecule has 0 N–H and O–H groups in total. The van der Waals surface area contributed by atoms with Crippen LogP contribution in [0.1, 0.15) is 11.1 Å². The van der Waals surface area contributed by atoms with Gasteiger partial charge in [0, 0.05) is 5.56 Å². The summed E-state index contributed by atoms with van der Waals surface area (Å²) in [6.45, 7) is 0. The van der Waals surface area contributed by atoms with Gasteiger partial charge in [-0.05, 0) is 40.1 Å². The Hall–Kier alpha value is -1.73. The third-order valence-electron chi connectivity index (χ3n) is 2.33. The predicted molar refractivity (Wildman–Crippen MR) is 62.7 cm³/mol. The zero-order valence-corrected chi connectivity index (χ0v) is 9.40. The number of benzene rings is 1. The van der Waals surface area contributed by atoms with Crippen LogP contribution in [0, 0.1) is 12.3 Å². The van der Waals surface area contributed by atoms with Crippen LogP contribution in [-0.2, 0) is 6.18 Å². The zero-order chi connectivity index (χ0) is 12.5. The summed E-state index contributed by atoms with van der Waals surface area (Å²) in [4.78, 5) is 0. The molecule has 0 saturated heterocycles. The van der Waals surface area contributed by atoms with Crippen molar-refractivity contribution in [3.63, 3.8) is 0 Å². The van der Waals surface area contributed by atoms with Gasteiger partial charge in [-0.25, -0.2) is 0 Å². The Labute approximate surface area is 101 Å². The van der Waals surface area contributed by atoms with E-state index in [9.17, 15) is 13.2 Å². The van der Waals surface area contributed by atoms with E-state index < -0.39 is 11.7 Å². The average Bonchev–Trinajstić information content (AvgIpc) is 2.80. The maximum atomic E-state index is 12.5. The van der Waals surface area contributed by atoms with Gasteiger partial charge >= 0.3 is 6.18 Å². The molecule has 0 saturated carbocycles. The minimum atomic E-state index is -4.36. The van der Waals surface area contributed by atoms with Crippen molar-refractivity contribution in [3.8, 4) is 23.5 Å². The monoisotopic (exact) mass is 252 g/mol. The van der Waals surface area contributed by atoms with Crippen LogP contribution >= 0.6 is 11.3 Å². The molecule has 4 heteroatoms. The van der Waals surface area contributed by atoms with Gasteiger partial charge in [-0.2, -0.15) is 24.5 Å². The Kier molecular flexibility index (Phi) is 2.95. The number of thiophene rings is 1. The van der Waals surface area contributed by atoms with Crippen molar-refractivity contribution in [2.24, 2.45) is 0 Å². The van der Waals surface area contributed by atoms with E-state index in [1.165, 1.54) is 17.4 Å². The van der Waals surface area contributed by atoms with Gasteiger partial charge in [-0.3, -0.25) is 0 Å². The first-order valence-electron chi connectivity index (χ1n) is 4.73. The van der Waals surface area contributed by atoms with Crippen LogP contribution in [0.15, 0.2) is 35.0 Å². The molecule has 0 nitrogen and oxygen atoms in total. The summed E-state index contributed by atoms with van der Waals surface area (Å²) in [5.74, 6) is 2.30. The summed E-state index contributed by atoms with van der Waals surface area (Å²) in [5.41, 5.74) is 1.04. The lowest BCUT2D eigenvalue weighted by molar-refractivity contribution is -0.137. The van der Waals surface area contributed by atoms with E-state index in [2.05, 4.69) is 5.92 Å². The van der Waals surface area contributed by atoms with Crippen molar-refractivity contribution < 1.29 is 13.2 Å². The second-order valence-electron chi connectivity index (χ2n) is 3.41. The van der Waals surface area contributed by atoms with Crippen LogP contribution in [0.25, 0.3) is 11.1 Å². The minimum absolute atomic E-state index is 0.262. The summed E-state index contributed by atoms with van der Waals surface area (Å²) < 4.78 is 37.5. The molecular formula is C13H7F3S. The Morgan fingerprint density at radius 2 is 1.94 bits per heavy atom. The molecule has 1 heterocycles. The zero-order valence-electron chi connectivity index (χ0n) is 8.58. The second kappa shape index (κ2) is 4.27. The van der Waals surface area contributed by atoms with Gasteiger partial charge < -0.3 is 0 Å². The van der Waals surface area contributed by atoms with Crippen molar-refractivity contribution in [1.82, 2.24) is 0 Å². The van der Waals surface area contributed by atoms with Crippen LogP contribution < -0.4 is 0 Å². The Morgan fingerprint density at radius 1 is 1.18 bits per heavy atom. The maximum Gasteiger partial charge on any atom is 0.416 e. The lowest BCUT2D eigenvalue weighted by Crippen LogP contribution is -2.05. The third kappa shape index (κ3) is 2.34. The van der Waals surface area contributed by atoms with Gasteiger partial charge in [0.05, 0.1) is 5.56 Å². The molecule has 0 atom stereocenters. The Morgan fingerprint density at radius 3 is 2.47 bits per heavy atom. The molecule has 0 unspecified atom stereocenters. The van der Waals surface area contributed by atoms with Gasteiger partial charge in [0.25, 0.3) is 0 Å². The first-order valence-corrected chi connectivity index (χ1v) is 5.67. The number of rotatable bonds is 1. The summed E-state index contributed by atoms with van der Waals surface area (Å²) in [5, 5.41) is 3.71. The fraction of sp³-hybridized carbons (Fsp3) is 0.0769. The van der Waals surface area contributed by atoms with Crippen molar-refractivity contribution >= 4 is 11.3 Å². The van der Waals surface area contributed by atoms with E-state index in [-0.39, 0.29) is 5.56 Å². The number of hydrogen-bond acceptors (Lipinski definition) is 1. The molecule has 0 radical (unpaired) electrons. The van der Waals surface area contributed by atoms with Crippen LogP contribution in [0.4, 0.5) is 13.2 Å². The molecule has 1 aromatic heterocycles. The summed E-state index contributed by atoms with van der Waals surface area (Å²) in [7, 11) is 0. The SMILES string of the molecule is C#Cc1cc(C(F)(F)F)ccc1-c1ccsc1. The van der Waals surface area contributed by atoms with Gasteiger partial charge in [-0.1, -0.05) is 12.0 Å². The smallest absolute Gasteiger partial charge is 0.166 e. The summed E-state index contributed by atoms with van der Waals surface area (Å²) >= 11 is 1.47. The highest BCUT2D eigenvalue weighted by Gasteiger charge is 2.30. The van der Waals surface area contributed by atoms with Gasteiger partial charge in [0.15, 0.2) is 0 Å². The lowest BCUT2D eigenvalue weighted by atomic mass is 10.00. The molecule has 1 aromatic carbocycles. The highest BCUT2D eigenvalue weighted by molar-refractivity contribution is 7.08. The molecule has 0 aliphatic heterocycles. The molecule has 0 bridgehead atoms. The second-order valence-corrected chi connectivity index (χ2v) is 4.19. The minimum Gasteiger partial charge on any atom is -0.166 e. The maximum absolute atomic E-state index is 12.5. The van der Waals surface area contributed by atoms with Crippen molar-refractivity contribution in [3.05, 3.63) is 46.2 Å². The van der Waals surface area contributed by atoms with E-state index in [1.807, 2.05) is 16.8 Å².